The molecular formula is C21H17FO2. The molecule has 0 spiro atoms. The first-order valence-electron chi connectivity index (χ1n) is 7.79. The molecule has 3 aromatic rings. The molecule has 3 rings (SSSR count). The minimum Gasteiger partial charge on any atom is -0.508 e. The van der Waals surface area contributed by atoms with Crippen molar-refractivity contribution in [3.05, 3.63) is 89.7 Å². The summed E-state index contributed by atoms with van der Waals surface area (Å²) in [6.07, 6.45) is 0.873. The minimum absolute atomic E-state index is 0.0384. The van der Waals surface area contributed by atoms with E-state index in [0.29, 0.717) is 18.4 Å². The van der Waals surface area contributed by atoms with Crippen molar-refractivity contribution in [2.45, 2.75) is 12.8 Å². The largest absolute Gasteiger partial charge is 0.508 e. The van der Waals surface area contributed by atoms with Crippen molar-refractivity contribution in [1.82, 2.24) is 0 Å². The lowest BCUT2D eigenvalue weighted by molar-refractivity contribution is 0.0983. The van der Waals surface area contributed by atoms with Gasteiger partial charge < -0.3 is 5.11 Å². The number of Topliss-reactive ketones (excluding diaryl/α,β-unsaturated/α-hetero) is 1. The summed E-state index contributed by atoms with van der Waals surface area (Å²) in [5, 5.41) is 9.32. The summed E-state index contributed by atoms with van der Waals surface area (Å²) < 4.78 is 13.1. The lowest BCUT2D eigenvalue weighted by atomic mass is 9.99. The fraction of sp³-hybridized carbons (Fsp3) is 0.0952. The predicted octanol–water partition coefficient (Wildman–Crippen LogP) is 5.01. The molecule has 0 unspecified atom stereocenters. The van der Waals surface area contributed by atoms with Gasteiger partial charge >= 0.3 is 0 Å². The first kappa shape index (κ1) is 15.9. The topological polar surface area (TPSA) is 37.3 Å². The molecule has 0 aliphatic rings. The summed E-state index contributed by atoms with van der Waals surface area (Å²) in [7, 11) is 0. The van der Waals surface area contributed by atoms with E-state index in [2.05, 4.69) is 0 Å². The molecular weight excluding hydrogens is 303 g/mol. The standard InChI is InChI=1S/C21H17FO2/c22-19-3-1-2-15(14-19)4-13-21(24)18-7-5-16(6-8-18)17-9-11-20(23)12-10-17/h1-3,5-12,14,23H,4,13H2. The Balaban J connectivity index is 1.66. The Morgan fingerprint density at radius 3 is 2.12 bits per heavy atom. The number of carbonyl (C=O) groups is 1. The van der Waals surface area contributed by atoms with Gasteiger partial charge in [0.1, 0.15) is 11.6 Å². The summed E-state index contributed by atoms with van der Waals surface area (Å²) in [5.74, 6) is -0.0161. The third-order valence-corrected chi connectivity index (χ3v) is 3.94. The normalized spacial score (nSPS) is 10.5. The van der Waals surface area contributed by atoms with Crippen LogP contribution in [0.2, 0.25) is 0 Å². The first-order chi connectivity index (χ1) is 11.6. The lowest BCUT2D eigenvalue weighted by Gasteiger charge is -2.05. The smallest absolute Gasteiger partial charge is 0.163 e. The van der Waals surface area contributed by atoms with Crippen LogP contribution < -0.4 is 0 Å². The van der Waals surface area contributed by atoms with Crippen LogP contribution in [0.25, 0.3) is 11.1 Å². The van der Waals surface area contributed by atoms with Crippen LogP contribution in [0.4, 0.5) is 4.39 Å². The van der Waals surface area contributed by atoms with Crippen LogP contribution in [0.15, 0.2) is 72.8 Å². The Bertz CT molecular complexity index is 836. The molecule has 0 aromatic heterocycles. The van der Waals surface area contributed by atoms with Gasteiger partial charge in [-0.2, -0.15) is 0 Å². The third kappa shape index (κ3) is 3.87. The summed E-state index contributed by atoms with van der Waals surface area (Å²) in [4.78, 5) is 12.3. The van der Waals surface area contributed by atoms with E-state index >= 15 is 0 Å². The number of phenols is 1. The molecule has 3 heteroatoms. The fourth-order valence-corrected chi connectivity index (χ4v) is 2.60. The molecule has 0 saturated carbocycles. The van der Waals surface area contributed by atoms with E-state index < -0.39 is 0 Å². The molecule has 0 heterocycles. The maximum absolute atomic E-state index is 13.1. The van der Waals surface area contributed by atoms with Gasteiger partial charge in [-0.15, -0.1) is 0 Å². The maximum atomic E-state index is 13.1. The molecule has 3 aromatic carbocycles. The number of phenolic OH excluding ortho intramolecular Hbond substituents is 1. The number of ketones is 1. The molecule has 120 valence electrons. The number of hydrogen-bond donors (Lipinski definition) is 1. The SMILES string of the molecule is O=C(CCc1cccc(F)c1)c1ccc(-c2ccc(O)cc2)cc1. The van der Waals surface area contributed by atoms with E-state index in [0.717, 1.165) is 16.7 Å². The molecule has 0 aliphatic carbocycles. The van der Waals surface area contributed by atoms with E-state index in [1.54, 1.807) is 30.3 Å². The third-order valence-electron chi connectivity index (χ3n) is 3.94. The second-order valence-electron chi connectivity index (χ2n) is 5.68. The molecule has 2 nitrogen and oxygen atoms in total. The second kappa shape index (κ2) is 7.09. The lowest BCUT2D eigenvalue weighted by Crippen LogP contribution is -2.01. The van der Waals surface area contributed by atoms with Crippen LogP contribution >= 0.6 is 0 Å². The zero-order valence-electron chi connectivity index (χ0n) is 13.1. The van der Waals surface area contributed by atoms with Crippen molar-refractivity contribution in [1.29, 1.82) is 0 Å². The number of aryl methyl sites for hydroxylation is 1. The van der Waals surface area contributed by atoms with Gasteiger partial charge in [-0.1, -0.05) is 48.5 Å². The van der Waals surface area contributed by atoms with E-state index in [9.17, 15) is 14.3 Å². The number of benzene rings is 3. The van der Waals surface area contributed by atoms with Crippen molar-refractivity contribution in [3.63, 3.8) is 0 Å². The molecule has 0 amide bonds. The molecule has 0 radical (unpaired) electrons. The average molecular weight is 320 g/mol. The van der Waals surface area contributed by atoms with Gasteiger partial charge in [-0.25, -0.2) is 4.39 Å². The summed E-state index contributed by atoms with van der Waals surface area (Å²) in [5.41, 5.74) is 3.43. The van der Waals surface area contributed by atoms with Crippen LogP contribution in [0.5, 0.6) is 5.75 Å². The van der Waals surface area contributed by atoms with Crippen molar-refractivity contribution in [2.24, 2.45) is 0 Å². The number of rotatable bonds is 5. The Hall–Kier alpha value is -2.94. The molecule has 0 aliphatic heterocycles. The van der Waals surface area contributed by atoms with E-state index in [-0.39, 0.29) is 17.3 Å². The minimum atomic E-state index is -0.279. The van der Waals surface area contributed by atoms with E-state index in [1.807, 2.05) is 30.3 Å². The molecule has 0 bridgehead atoms. The van der Waals surface area contributed by atoms with Gasteiger partial charge in [0.2, 0.25) is 0 Å². The number of hydrogen-bond acceptors (Lipinski definition) is 2. The fourth-order valence-electron chi connectivity index (χ4n) is 2.60. The number of halogens is 1. The summed E-state index contributed by atoms with van der Waals surface area (Å²) >= 11 is 0. The zero-order chi connectivity index (χ0) is 16.9. The highest BCUT2D eigenvalue weighted by Gasteiger charge is 2.07. The molecule has 24 heavy (non-hydrogen) atoms. The van der Waals surface area contributed by atoms with E-state index in [4.69, 9.17) is 0 Å². The predicted molar refractivity (Wildman–Crippen MR) is 92.6 cm³/mol. The molecule has 0 atom stereocenters. The Labute approximate surface area is 140 Å². The van der Waals surface area contributed by atoms with Crippen LogP contribution in [0.1, 0.15) is 22.3 Å². The van der Waals surface area contributed by atoms with E-state index in [1.165, 1.54) is 12.1 Å². The Kier molecular flexibility index (Phi) is 4.71. The summed E-state index contributed by atoms with van der Waals surface area (Å²) in [6, 6.07) is 20.6. The van der Waals surface area contributed by atoms with Gasteiger partial charge in [-0.05, 0) is 47.4 Å². The van der Waals surface area contributed by atoms with Crippen LogP contribution in [-0.2, 0) is 6.42 Å². The van der Waals surface area contributed by atoms with Gasteiger partial charge in [-0.3, -0.25) is 4.79 Å². The quantitative estimate of drug-likeness (QED) is 0.671. The second-order valence-corrected chi connectivity index (χ2v) is 5.68. The Morgan fingerprint density at radius 2 is 1.50 bits per heavy atom. The highest BCUT2D eigenvalue weighted by molar-refractivity contribution is 5.96. The highest BCUT2D eigenvalue weighted by Crippen LogP contribution is 2.22. The van der Waals surface area contributed by atoms with Crippen LogP contribution in [0.3, 0.4) is 0 Å². The number of aromatic hydroxyl groups is 1. The monoisotopic (exact) mass is 320 g/mol. The zero-order valence-corrected chi connectivity index (χ0v) is 13.1. The first-order valence-corrected chi connectivity index (χ1v) is 7.79. The van der Waals surface area contributed by atoms with Crippen molar-refractivity contribution >= 4 is 5.78 Å². The molecule has 1 N–H and O–H groups in total. The molecule has 0 fully saturated rings. The average Bonchev–Trinajstić information content (AvgIpc) is 2.61. The number of carbonyl (C=O) groups excluding carboxylic acids is 1. The van der Waals surface area contributed by atoms with Crippen LogP contribution in [0, 0.1) is 5.82 Å². The maximum Gasteiger partial charge on any atom is 0.163 e. The van der Waals surface area contributed by atoms with Gasteiger partial charge in [0.15, 0.2) is 5.78 Å². The Morgan fingerprint density at radius 1 is 0.875 bits per heavy atom. The van der Waals surface area contributed by atoms with Crippen molar-refractivity contribution in [3.8, 4) is 16.9 Å². The van der Waals surface area contributed by atoms with Crippen molar-refractivity contribution in [2.75, 3.05) is 0 Å². The molecule has 0 saturated heterocycles. The highest BCUT2D eigenvalue weighted by atomic mass is 19.1. The van der Waals surface area contributed by atoms with Crippen molar-refractivity contribution < 1.29 is 14.3 Å². The van der Waals surface area contributed by atoms with Crippen LogP contribution in [-0.4, -0.2) is 10.9 Å². The van der Waals surface area contributed by atoms with Gasteiger partial charge in [0.25, 0.3) is 0 Å². The van der Waals surface area contributed by atoms with Gasteiger partial charge in [0.05, 0.1) is 0 Å². The van der Waals surface area contributed by atoms with Gasteiger partial charge in [0, 0.05) is 12.0 Å². The summed E-state index contributed by atoms with van der Waals surface area (Å²) in [6.45, 7) is 0.